The molecular weight excluding hydrogens is 340 g/mol. The first-order chi connectivity index (χ1) is 12.1. The van der Waals surface area contributed by atoms with Crippen LogP contribution >= 0.6 is 0 Å². The molecule has 0 heterocycles. The molecule has 8 nitrogen and oxygen atoms in total. The number of carbonyl (C=O) groups excluding carboxylic acids is 2. The van der Waals surface area contributed by atoms with Crippen molar-refractivity contribution in [2.45, 2.75) is 44.9 Å². The summed E-state index contributed by atoms with van der Waals surface area (Å²) in [5.41, 5.74) is -1.30. The van der Waals surface area contributed by atoms with Gasteiger partial charge in [0.15, 0.2) is 0 Å². The van der Waals surface area contributed by atoms with E-state index in [4.69, 9.17) is 9.47 Å². The summed E-state index contributed by atoms with van der Waals surface area (Å²) in [6, 6.07) is 5.69. The zero-order valence-corrected chi connectivity index (χ0v) is 15.0. The molecule has 8 heteroatoms. The lowest BCUT2D eigenvalue weighted by Crippen LogP contribution is -2.47. The number of carbonyl (C=O) groups is 2. The van der Waals surface area contributed by atoms with E-state index in [2.05, 4.69) is 11.9 Å². The Morgan fingerprint density at radius 2 is 2.00 bits per heavy atom. The van der Waals surface area contributed by atoms with E-state index in [0.29, 0.717) is 12.0 Å². The van der Waals surface area contributed by atoms with Crippen LogP contribution in [0, 0.1) is 16.0 Å². The van der Waals surface area contributed by atoms with E-state index in [1.165, 1.54) is 24.3 Å². The number of nitrogens with zero attached hydrogens (tertiary/aromatic N) is 1. The fraction of sp³-hybridized carbons (Fsp3) is 0.444. The maximum Gasteiger partial charge on any atom is 0.408 e. The fourth-order valence-corrected chi connectivity index (χ4v) is 2.48. The quantitative estimate of drug-likeness (QED) is 0.360. The standard InChI is InChI=1S/C18H22N2O6/c1-5-13-10-18(13,19-16(22)26-17(2,3)4)15(21)25-11-12-6-8-14(9-7-12)20(23)24/h5-9,13H,1,10-11H2,2-4H3,(H,19,22)/t13-,18+/m1/s1. The van der Waals surface area contributed by atoms with E-state index >= 15 is 0 Å². The van der Waals surface area contributed by atoms with Crippen LogP contribution in [0.25, 0.3) is 0 Å². The summed E-state index contributed by atoms with van der Waals surface area (Å²) in [6.07, 6.45) is 1.27. The molecule has 1 aromatic rings. The molecule has 0 spiro atoms. The Kier molecular flexibility index (Phi) is 5.34. The van der Waals surface area contributed by atoms with Gasteiger partial charge in [-0.15, -0.1) is 6.58 Å². The summed E-state index contributed by atoms with van der Waals surface area (Å²) in [5, 5.41) is 13.2. The van der Waals surface area contributed by atoms with E-state index in [0.717, 1.165) is 0 Å². The molecule has 1 saturated carbocycles. The number of alkyl carbamates (subject to hydrolysis) is 1. The van der Waals surface area contributed by atoms with Crippen molar-refractivity contribution in [3.8, 4) is 0 Å². The minimum atomic E-state index is -1.18. The van der Waals surface area contributed by atoms with Crippen LogP contribution in [0.4, 0.5) is 10.5 Å². The zero-order chi connectivity index (χ0) is 19.5. The van der Waals surface area contributed by atoms with Crippen molar-refractivity contribution in [1.82, 2.24) is 5.32 Å². The summed E-state index contributed by atoms with van der Waals surface area (Å²) >= 11 is 0. The third-order valence-corrected chi connectivity index (χ3v) is 3.90. The molecular formula is C18H22N2O6. The number of amides is 1. The van der Waals surface area contributed by atoms with Crippen LogP contribution in [-0.2, 0) is 20.9 Å². The number of ether oxygens (including phenoxy) is 2. The van der Waals surface area contributed by atoms with E-state index < -0.39 is 28.1 Å². The summed E-state index contributed by atoms with van der Waals surface area (Å²) < 4.78 is 10.5. The van der Waals surface area contributed by atoms with Gasteiger partial charge in [0.1, 0.15) is 17.7 Å². The Balaban J connectivity index is 1.99. The number of nitro benzene ring substituents is 1. The Bertz CT molecular complexity index is 722. The number of rotatable bonds is 6. The maximum absolute atomic E-state index is 12.5. The molecule has 2 rings (SSSR count). The van der Waals surface area contributed by atoms with E-state index in [1.54, 1.807) is 26.8 Å². The lowest BCUT2D eigenvalue weighted by molar-refractivity contribution is -0.384. The Morgan fingerprint density at radius 1 is 1.38 bits per heavy atom. The Morgan fingerprint density at radius 3 is 2.46 bits per heavy atom. The minimum absolute atomic E-state index is 0.0444. The second-order valence-corrected chi connectivity index (χ2v) is 7.14. The van der Waals surface area contributed by atoms with Gasteiger partial charge in [-0.1, -0.05) is 6.08 Å². The molecule has 0 aromatic heterocycles. The summed E-state index contributed by atoms with van der Waals surface area (Å²) in [7, 11) is 0. The van der Waals surface area contributed by atoms with Crippen LogP contribution in [0.5, 0.6) is 0 Å². The molecule has 1 N–H and O–H groups in total. The molecule has 0 aliphatic heterocycles. The van der Waals surface area contributed by atoms with Crippen molar-refractivity contribution in [2.24, 2.45) is 5.92 Å². The highest BCUT2D eigenvalue weighted by Gasteiger charge is 2.61. The molecule has 1 aliphatic carbocycles. The lowest BCUT2D eigenvalue weighted by atomic mass is 10.2. The molecule has 26 heavy (non-hydrogen) atoms. The van der Waals surface area contributed by atoms with Crippen LogP contribution in [0.3, 0.4) is 0 Å². The molecule has 0 bridgehead atoms. The molecule has 1 aromatic carbocycles. The van der Waals surface area contributed by atoms with Crippen LogP contribution in [-0.4, -0.2) is 28.1 Å². The van der Waals surface area contributed by atoms with Crippen molar-refractivity contribution in [1.29, 1.82) is 0 Å². The first-order valence-electron chi connectivity index (χ1n) is 8.12. The zero-order valence-electron chi connectivity index (χ0n) is 15.0. The molecule has 0 unspecified atom stereocenters. The van der Waals surface area contributed by atoms with E-state index in [1.807, 2.05) is 0 Å². The van der Waals surface area contributed by atoms with Crippen LogP contribution in [0.15, 0.2) is 36.9 Å². The van der Waals surface area contributed by atoms with E-state index in [-0.39, 0.29) is 18.2 Å². The second-order valence-electron chi connectivity index (χ2n) is 7.14. The minimum Gasteiger partial charge on any atom is -0.459 e. The van der Waals surface area contributed by atoms with Gasteiger partial charge in [0.2, 0.25) is 0 Å². The Hall–Kier alpha value is -2.90. The van der Waals surface area contributed by atoms with Gasteiger partial charge in [-0.2, -0.15) is 0 Å². The largest absolute Gasteiger partial charge is 0.459 e. The predicted molar refractivity (Wildman–Crippen MR) is 93.3 cm³/mol. The van der Waals surface area contributed by atoms with Crippen LogP contribution < -0.4 is 5.32 Å². The highest BCUT2D eigenvalue weighted by atomic mass is 16.6. The van der Waals surface area contributed by atoms with Crippen molar-refractivity contribution >= 4 is 17.7 Å². The molecule has 0 radical (unpaired) electrons. The van der Waals surface area contributed by atoms with E-state index in [9.17, 15) is 19.7 Å². The molecule has 0 saturated heterocycles. The predicted octanol–water partition coefficient (Wildman–Crippen LogP) is 3.11. The average Bonchev–Trinajstić information content (AvgIpc) is 3.25. The second kappa shape index (κ2) is 7.15. The van der Waals surface area contributed by atoms with Gasteiger partial charge in [-0.05, 0) is 44.9 Å². The van der Waals surface area contributed by atoms with Gasteiger partial charge in [0.25, 0.3) is 5.69 Å². The SMILES string of the molecule is C=C[C@@H]1C[C@@]1(NC(=O)OC(C)(C)C)C(=O)OCc1ccc([N+](=O)[O-])cc1. The molecule has 1 amide bonds. The molecule has 140 valence electrons. The van der Waals surface area contributed by atoms with Crippen molar-refractivity contribution in [3.63, 3.8) is 0 Å². The van der Waals surface area contributed by atoms with Crippen LogP contribution in [0.2, 0.25) is 0 Å². The number of nitrogens with one attached hydrogen (secondary N) is 1. The lowest BCUT2D eigenvalue weighted by Gasteiger charge is -2.23. The number of esters is 1. The summed E-state index contributed by atoms with van der Waals surface area (Å²) in [4.78, 5) is 34.7. The van der Waals surface area contributed by atoms with Gasteiger partial charge in [-0.3, -0.25) is 10.1 Å². The molecule has 2 atom stereocenters. The maximum atomic E-state index is 12.5. The summed E-state index contributed by atoms with van der Waals surface area (Å²) in [5.74, 6) is -0.828. The normalized spacial score (nSPS) is 21.4. The van der Waals surface area contributed by atoms with Crippen molar-refractivity contribution in [2.75, 3.05) is 0 Å². The number of nitro groups is 1. The van der Waals surface area contributed by atoms with Gasteiger partial charge >= 0.3 is 12.1 Å². The highest BCUT2D eigenvalue weighted by Crippen LogP contribution is 2.45. The third-order valence-electron chi connectivity index (χ3n) is 3.90. The number of non-ortho nitro benzene ring substituents is 1. The fourth-order valence-electron chi connectivity index (χ4n) is 2.48. The topological polar surface area (TPSA) is 108 Å². The van der Waals surface area contributed by atoms with Gasteiger partial charge in [0, 0.05) is 18.1 Å². The van der Waals surface area contributed by atoms with Gasteiger partial charge < -0.3 is 14.8 Å². The monoisotopic (exact) mass is 362 g/mol. The first kappa shape index (κ1) is 19.4. The molecule has 1 fully saturated rings. The van der Waals surface area contributed by atoms with Crippen molar-refractivity contribution in [3.05, 3.63) is 52.6 Å². The first-order valence-corrected chi connectivity index (χ1v) is 8.12. The highest BCUT2D eigenvalue weighted by molar-refractivity contribution is 5.90. The number of hydrogen-bond acceptors (Lipinski definition) is 6. The number of hydrogen-bond donors (Lipinski definition) is 1. The van der Waals surface area contributed by atoms with Crippen LogP contribution in [0.1, 0.15) is 32.8 Å². The van der Waals surface area contributed by atoms with Gasteiger partial charge in [-0.25, -0.2) is 9.59 Å². The number of benzene rings is 1. The Labute approximate surface area is 151 Å². The van der Waals surface area contributed by atoms with Gasteiger partial charge in [0.05, 0.1) is 4.92 Å². The smallest absolute Gasteiger partial charge is 0.408 e. The van der Waals surface area contributed by atoms with Crippen molar-refractivity contribution < 1.29 is 24.0 Å². The summed E-state index contributed by atoms with van der Waals surface area (Å²) in [6.45, 7) is 8.78. The third kappa shape index (κ3) is 4.59. The average molecular weight is 362 g/mol. The molecule has 1 aliphatic rings.